The van der Waals surface area contributed by atoms with Crippen molar-refractivity contribution in [3.05, 3.63) is 76.4 Å². The standard InChI is InChI=1S/C20H19Cl2N5O3S/c1-12(16-3-2-4-17(21)19(16)22)25-20(28)26-13-5-7-15(8-6-13)31(29,30)27-14-9-10-24-18(23)11-14/h2-12H,1H3,(H3,23,24,27)(H2,25,26,28)/t12-/m0/s1. The van der Waals surface area contributed by atoms with Crippen molar-refractivity contribution >= 4 is 56.4 Å². The monoisotopic (exact) mass is 479 g/mol. The van der Waals surface area contributed by atoms with Crippen LogP contribution in [0.15, 0.2) is 65.7 Å². The summed E-state index contributed by atoms with van der Waals surface area (Å²) in [6.45, 7) is 1.77. The molecule has 0 saturated carbocycles. The molecule has 0 fully saturated rings. The minimum Gasteiger partial charge on any atom is -0.384 e. The summed E-state index contributed by atoms with van der Waals surface area (Å²) >= 11 is 12.2. The molecule has 0 aliphatic carbocycles. The summed E-state index contributed by atoms with van der Waals surface area (Å²) in [5, 5.41) is 6.17. The lowest BCUT2D eigenvalue weighted by Crippen LogP contribution is -2.31. The second kappa shape index (κ2) is 9.42. The van der Waals surface area contributed by atoms with Gasteiger partial charge in [-0.1, -0.05) is 35.3 Å². The summed E-state index contributed by atoms with van der Waals surface area (Å²) in [5.41, 5.74) is 6.94. The van der Waals surface area contributed by atoms with Gasteiger partial charge in [0.2, 0.25) is 0 Å². The number of sulfonamides is 1. The van der Waals surface area contributed by atoms with E-state index in [2.05, 4.69) is 20.3 Å². The fraction of sp³-hybridized carbons (Fsp3) is 0.100. The number of nitrogens with one attached hydrogen (secondary N) is 3. The Hall–Kier alpha value is -3.01. The van der Waals surface area contributed by atoms with Crippen molar-refractivity contribution in [2.24, 2.45) is 0 Å². The molecule has 0 aliphatic heterocycles. The van der Waals surface area contributed by atoms with Gasteiger partial charge < -0.3 is 16.4 Å². The van der Waals surface area contributed by atoms with Crippen LogP contribution < -0.4 is 21.1 Å². The Morgan fingerprint density at radius 1 is 1.06 bits per heavy atom. The lowest BCUT2D eigenvalue weighted by Gasteiger charge is -2.17. The van der Waals surface area contributed by atoms with Crippen molar-refractivity contribution < 1.29 is 13.2 Å². The predicted molar refractivity (Wildman–Crippen MR) is 123 cm³/mol. The number of nitrogens with zero attached hydrogens (tertiary/aromatic N) is 1. The summed E-state index contributed by atoms with van der Waals surface area (Å²) in [6.07, 6.45) is 1.40. The first-order valence-corrected chi connectivity index (χ1v) is 11.3. The molecule has 2 aromatic carbocycles. The number of benzene rings is 2. The lowest BCUT2D eigenvalue weighted by atomic mass is 10.1. The first-order valence-electron chi connectivity index (χ1n) is 9.01. The van der Waals surface area contributed by atoms with E-state index in [0.29, 0.717) is 27.0 Å². The van der Waals surface area contributed by atoms with Gasteiger partial charge in [0.25, 0.3) is 10.0 Å². The molecule has 0 spiro atoms. The Bertz CT molecular complexity index is 1200. The highest BCUT2D eigenvalue weighted by Crippen LogP contribution is 2.29. The number of amides is 2. The Morgan fingerprint density at radius 2 is 1.77 bits per heavy atom. The molecule has 31 heavy (non-hydrogen) atoms. The number of urea groups is 1. The first kappa shape index (κ1) is 22.7. The number of aromatic nitrogens is 1. The zero-order valence-corrected chi connectivity index (χ0v) is 18.6. The largest absolute Gasteiger partial charge is 0.384 e. The predicted octanol–water partition coefficient (Wildman–Crippen LogP) is 4.65. The third kappa shape index (κ3) is 5.78. The van der Waals surface area contributed by atoms with E-state index in [0.717, 1.165) is 0 Å². The first-order chi connectivity index (χ1) is 14.7. The molecule has 1 atom stereocenters. The molecule has 3 aromatic rings. The highest BCUT2D eigenvalue weighted by molar-refractivity contribution is 7.92. The number of carbonyl (C=O) groups excluding carboxylic acids is 1. The van der Waals surface area contributed by atoms with Crippen LogP contribution in [0, 0.1) is 0 Å². The number of hydrogen-bond donors (Lipinski definition) is 4. The fourth-order valence-corrected chi connectivity index (χ4v) is 4.26. The molecule has 162 valence electrons. The van der Waals surface area contributed by atoms with Crippen LogP contribution in [0.1, 0.15) is 18.5 Å². The van der Waals surface area contributed by atoms with E-state index in [1.165, 1.54) is 42.6 Å². The van der Waals surface area contributed by atoms with Gasteiger partial charge in [0, 0.05) is 18.0 Å². The van der Waals surface area contributed by atoms with E-state index in [-0.39, 0.29) is 10.7 Å². The van der Waals surface area contributed by atoms with Gasteiger partial charge in [0.05, 0.1) is 26.7 Å². The minimum absolute atomic E-state index is 0.0212. The molecule has 0 radical (unpaired) electrons. The molecule has 0 unspecified atom stereocenters. The van der Waals surface area contributed by atoms with Crippen molar-refractivity contribution in [1.29, 1.82) is 0 Å². The number of anilines is 3. The second-order valence-corrected chi connectivity index (χ2v) is 9.03. The fourth-order valence-electron chi connectivity index (χ4n) is 2.74. The van der Waals surface area contributed by atoms with Gasteiger partial charge in [-0.2, -0.15) is 0 Å². The number of nitrogens with two attached hydrogens (primary N) is 1. The van der Waals surface area contributed by atoms with Crippen molar-refractivity contribution in [3.63, 3.8) is 0 Å². The van der Waals surface area contributed by atoms with Crippen LogP contribution in [0.4, 0.5) is 22.0 Å². The van der Waals surface area contributed by atoms with Crippen molar-refractivity contribution in [3.8, 4) is 0 Å². The molecule has 2 amide bonds. The maximum atomic E-state index is 12.5. The quantitative estimate of drug-likeness (QED) is 0.409. The minimum atomic E-state index is -3.83. The van der Waals surface area contributed by atoms with E-state index in [9.17, 15) is 13.2 Å². The molecule has 11 heteroatoms. The van der Waals surface area contributed by atoms with E-state index < -0.39 is 22.1 Å². The van der Waals surface area contributed by atoms with Crippen molar-refractivity contribution in [1.82, 2.24) is 10.3 Å². The van der Waals surface area contributed by atoms with Crippen LogP contribution in [0.2, 0.25) is 10.0 Å². The summed E-state index contributed by atoms with van der Waals surface area (Å²) in [7, 11) is -3.83. The molecule has 5 N–H and O–H groups in total. The zero-order chi connectivity index (χ0) is 22.6. The zero-order valence-electron chi connectivity index (χ0n) is 16.3. The molecule has 1 aromatic heterocycles. The maximum absolute atomic E-state index is 12.5. The van der Waals surface area contributed by atoms with Crippen molar-refractivity contribution in [2.75, 3.05) is 15.8 Å². The van der Waals surface area contributed by atoms with Gasteiger partial charge in [0.15, 0.2) is 0 Å². The average molecular weight is 480 g/mol. The maximum Gasteiger partial charge on any atom is 0.319 e. The Labute approximate surface area is 189 Å². The number of hydrogen-bond acceptors (Lipinski definition) is 5. The lowest BCUT2D eigenvalue weighted by molar-refractivity contribution is 0.249. The van der Waals surface area contributed by atoms with Crippen LogP contribution in [0.5, 0.6) is 0 Å². The summed E-state index contributed by atoms with van der Waals surface area (Å²) < 4.78 is 27.4. The number of nitrogen functional groups attached to an aromatic ring is 1. The molecule has 3 rings (SSSR count). The highest BCUT2D eigenvalue weighted by atomic mass is 35.5. The molecule has 1 heterocycles. The molecule has 0 aliphatic rings. The molecule has 0 saturated heterocycles. The molecular weight excluding hydrogens is 461 g/mol. The normalized spacial score (nSPS) is 12.1. The number of pyridine rings is 1. The SMILES string of the molecule is C[C@H](NC(=O)Nc1ccc(S(=O)(=O)Nc2ccnc(N)c2)cc1)c1cccc(Cl)c1Cl. The highest BCUT2D eigenvalue weighted by Gasteiger charge is 2.16. The van der Waals surface area contributed by atoms with E-state index >= 15 is 0 Å². The topological polar surface area (TPSA) is 126 Å². The second-order valence-electron chi connectivity index (χ2n) is 6.56. The number of rotatable bonds is 6. The summed E-state index contributed by atoms with van der Waals surface area (Å²) in [6, 6.07) is 12.9. The van der Waals surface area contributed by atoms with Gasteiger partial charge >= 0.3 is 6.03 Å². The average Bonchev–Trinajstić information content (AvgIpc) is 2.70. The van der Waals surface area contributed by atoms with Crippen LogP contribution >= 0.6 is 23.2 Å². The third-order valence-corrected chi connectivity index (χ3v) is 6.48. The molecular formula is C20H19Cl2N5O3S. The molecule has 8 nitrogen and oxygen atoms in total. The summed E-state index contributed by atoms with van der Waals surface area (Å²) in [5.74, 6) is 0.194. The van der Waals surface area contributed by atoms with Crippen LogP contribution in [-0.2, 0) is 10.0 Å². The smallest absolute Gasteiger partial charge is 0.319 e. The van der Waals surface area contributed by atoms with Crippen LogP contribution in [0.25, 0.3) is 0 Å². The van der Waals surface area contributed by atoms with E-state index in [4.69, 9.17) is 28.9 Å². The Morgan fingerprint density at radius 3 is 2.45 bits per heavy atom. The van der Waals surface area contributed by atoms with E-state index in [1.807, 2.05) is 0 Å². The Kier molecular flexibility index (Phi) is 6.89. The van der Waals surface area contributed by atoms with Gasteiger partial charge in [-0.3, -0.25) is 4.72 Å². The van der Waals surface area contributed by atoms with Gasteiger partial charge in [-0.25, -0.2) is 18.2 Å². The van der Waals surface area contributed by atoms with Crippen LogP contribution in [0.3, 0.4) is 0 Å². The molecule has 0 bridgehead atoms. The number of halogens is 2. The third-order valence-electron chi connectivity index (χ3n) is 4.25. The van der Waals surface area contributed by atoms with Gasteiger partial charge in [0.1, 0.15) is 5.82 Å². The van der Waals surface area contributed by atoms with E-state index in [1.54, 1.807) is 25.1 Å². The summed E-state index contributed by atoms with van der Waals surface area (Å²) in [4.78, 5) is 16.1. The van der Waals surface area contributed by atoms with Crippen LogP contribution in [-0.4, -0.2) is 19.4 Å². The number of carbonyl (C=O) groups is 1. The van der Waals surface area contributed by atoms with Gasteiger partial charge in [-0.05, 0) is 48.9 Å². The van der Waals surface area contributed by atoms with Gasteiger partial charge in [-0.15, -0.1) is 0 Å². The van der Waals surface area contributed by atoms with Crippen molar-refractivity contribution in [2.45, 2.75) is 17.9 Å². The Balaban J connectivity index is 1.64.